The van der Waals surface area contributed by atoms with Crippen LogP contribution in [-0.2, 0) is 11.3 Å². The fourth-order valence-corrected chi connectivity index (χ4v) is 1.08. The zero-order chi connectivity index (χ0) is 11.3. The lowest BCUT2D eigenvalue weighted by atomic mass is 10.3. The van der Waals surface area contributed by atoms with Crippen LogP contribution in [0.2, 0.25) is 0 Å². The van der Waals surface area contributed by atoms with Gasteiger partial charge in [0.15, 0.2) is 0 Å². The smallest absolute Gasteiger partial charge is 0.236 e. The number of carbonyl (C=O) groups excluding carboxylic acids is 1. The van der Waals surface area contributed by atoms with Crippen LogP contribution >= 0.6 is 0 Å². The van der Waals surface area contributed by atoms with Gasteiger partial charge in [-0.25, -0.2) is 4.63 Å². The molecule has 2 N–H and O–H groups in total. The van der Waals surface area contributed by atoms with E-state index >= 15 is 0 Å². The number of aryl methyl sites for hydroxylation is 1. The number of nitrogens with zero attached hydrogens (tertiary/aromatic N) is 2. The molecule has 15 heavy (non-hydrogen) atoms. The van der Waals surface area contributed by atoms with Crippen LogP contribution in [0.1, 0.15) is 25.2 Å². The van der Waals surface area contributed by atoms with Gasteiger partial charge in [-0.05, 0) is 20.8 Å². The van der Waals surface area contributed by atoms with Crippen LogP contribution in [0, 0.1) is 6.92 Å². The molecular formula is C9H16N4O2. The summed E-state index contributed by atoms with van der Waals surface area (Å²) < 4.78 is 4.54. The molecule has 1 rings (SSSR count). The number of rotatable bonds is 5. The Balaban J connectivity index is 2.37. The number of aromatic nitrogens is 2. The molecule has 0 aliphatic rings. The molecule has 0 fully saturated rings. The van der Waals surface area contributed by atoms with E-state index in [1.165, 1.54) is 0 Å². The fourth-order valence-electron chi connectivity index (χ4n) is 1.08. The van der Waals surface area contributed by atoms with E-state index in [0.29, 0.717) is 13.1 Å². The van der Waals surface area contributed by atoms with Crippen LogP contribution < -0.4 is 10.6 Å². The summed E-state index contributed by atoms with van der Waals surface area (Å²) in [7, 11) is 0. The molecule has 1 heterocycles. The molecule has 1 unspecified atom stereocenters. The van der Waals surface area contributed by atoms with Crippen molar-refractivity contribution in [2.75, 3.05) is 6.54 Å². The number of hydrogen-bond donors (Lipinski definition) is 2. The monoisotopic (exact) mass is 212 g/mol. The molecule has 0 aliphatic carbocycles. The average molecular weight is 212 g/mol. The summed E-state index contributed by atoms with van der Waals surface area (Å²) in [5.41, 5.74) is 1.47. The Morgan fingerprint density at radius 3 is 2.80 bits per heavy atom. The second-order valence-corrected chi connectivity index (χ2v) is 3.29. The SMILES string of the molecule is CCNC(=O)C(C)NCc1nonc1C. The van der Waals surface area contributed by atoms with Crippen LogP contribution in [0.25, 0.3) is 0 Å². The Hall–Kier alpha value is -1.43. The highest BCUT2D eigenvalue weighted by Crippen LogP contribution is 1.99. The average Bonchev–Trinajstić information content (AvgIpc) is 2.61. The topological polar surface area (TPSA) is 80.0 Å². The van der Waals surface area contributed by atoms with Crippen molar-refractivity contribution in [3.63, 3.8) is 0 Å². The van der Waals surface area contributed by atoms with Gasteiger partial charge in [0, 0.05) is 13.1 Å². The van der Waals surface area contributed by atoms with Crippen LogP contribution in [0.5, 0.6) is 0 Å². The van der Waals surface area contributed by atoms with E-state index in [0.717, 1.165) is 11.4 Å². The van der Waals surface area contributed by atoms with Crippen molar-refractivity contribution in [2.45, 2.75) is 33.4 Å². The molecule has 0 aliphatic heterocycles. The predicted octanol–water partition coefficient (Wildman–Crippen LogP) is -0.00778. The molecule has 0 saturated carbocycles. The van der Waals surface area contributed by atoms with Crippen molar-refractivity contribution in [1.29, 1.82) is 0 Å². The van der Waals surface area contributed by atoms with Gasteiger partial charge in [0.25, 0.3) is 0 Å². The third-order valence-corrected chi connectivity index (χ3v) is 2.07. The molecule has 1 aromatic rings. The highest BCUT2D eigenvalue weighted by molar-refractivity contribution is 5.81. The van der Waals surface area contributed by atoms with Crippen molar-refractivity contribution in [3.05, 3.63) is 11.4 Å². The van der Waals surface area contributed by atoms with Gasteiger partial charge in [-0.2, -0.15) is 0 Å². The maximum atomic E-state index is 11.4. The van der Waals surface area contributed by atoms with E-state index in [9.17, 15) is 4.79 Å². The van der Waals surface area contributed by atoms with Crippen molar-refractivity contribution < 1.29 is 9.42 Å². The molecule has 6 heteroatoms. The summed E-state index contributed by atoms with van der Waals surface area (Å²) >= 11 is 0. The summed E-state index contributed by atoms with van der Waals surface area (Å²) in [6, 6.07) is -0.249. The molecule has 0 aromatic carbocycles. The van der Waals surface area contributed by atoms with Gasteiger partial charge < -0.3 is 10.6 Å². The molecule has 1 atom stereocenters. The highest BCUT2D eigenvalue weighted by atomic mass is 16.6. The maximum absolute atomic E-state index is 11.4. The summed E-state index contributed by atoms with van der Waals surface area (Å²) in [6.45, 7) is 6.61. The summed E-state index contributed by atoms with van der Waals surface area (Å²) in [5, 5.41) is 13.1. The lowest BCUT2D eigenvalue weighted by Crippen LogP contribution is -2.41. The Bertz CT molecular complexity index is 324. The maximum Gasteiger partial charge on any atom is 0.236 e. The van der Waals surface area contributed by atoms with Gasteiger partial charge in [0.05, 0.1) is 6.04 Å². The highest BCUT2D eigenvalue weighted by Gasteiger charge is 2.12. The van der Waals surface area contributed by atoms with Crippen LogP contribution in [0.3, 0.4) is 0 Å². The molecular weight excluding hydrogens is 196 g/mol. The Morgan fingerprint density at radius 1 is 1.53 bits per heavy atom. The number of nitrogens with one attached hydrogen (secondary N) is 2. The van der Waals surface area contributed by atoms with Crippen molar-refractivity contribution >= 4 is 5.91 Å². The zero-order valence-corrected chi connectivity index (χ0v) is 9.20. The van der Waals surface area contributed by atoms with E-state index in [1.807, 2.05) is 13.8 Å². The first-order chi connectivity index (χ1) is 7.15. The van der Waals surface area contributed by atoms with Crippen LogP contribution in [-0.4, -0.2) is 28.8 Å². The van der Waals surface area contributed by atoms with Crippen LogP contribution in [0.15, 0.2) is 4.63 Å². The van der Waals surface area contributed by atoms with Crippen molar-refractivity contribution in [2.24, 2.45) is 0 Å². The fraction of sp³-hybridized carbons (Fsp3) is 0.667. The minimum atomic E-state index is -0.249. The molecule has 1 amide bonds. The third kappa shape index (κ3) is 3.32. The van der Waals surface area contributed by atoms with Gasteiger partial charge in [0.2, 0.25) is 5.91 Å². The standard InChI is InChI=1S/C9H16N4O2/c1-4-10-9(14)7(3)11-5-8-6(2)12-15-13-8/h7,11H,4-5H2,1-3H3,(H,10,14). The molecule has 0 spiro atoms. The normalized spacial score (nSPS) is 12.5. The summed E-state index contributed by atoms with van der Waals surface area (Å²) in [4.78, 5) is 11.4. The first kappa shape index (κ1) is 11.6. The van der Waals surface area contributed by atoms with E-state index in [2.05, 4.69) is 25.6 Å². The largest absolute Gasteiger partial charge is 0.355 e. The Labute approximate surface area is 88.4 Å². The van der Waals surface area contributed by atoms with Crippen LogP contribution in [0.4, 0.5) is 0 Å². The van der Waals surface area contributed by atoms with Gasteiger partial charge in [-0.15, -0.1) is 0 Å². The minimum absolute atomic E-state index is 0.0217. The van der Waals surface area contributed by atoms with Gasteiger partial charge in [-0.1, -0.05) is 10.3 Å². The van der Waals surface area contributed by atoms with Gasteiger partial charge in [0.1, 0.15) is 11.4 Å². The van der Waals surface area contributed by atoms with Crippen molar-refractivity contribution in [1.82, 2.24) is 20.9 Å². The molecule has 0 radical (unpaired) electrons. The quantitative estimate of drug-likeness (QED) is 0.717. The van der Waals surface area contributed by atoms with Crippen molar-refractivity contribution in [3.8, 4) is 0 Å². The lowest BCUT2D eigenvalue weighted by molar-refractivity contribution is -0.122. The summed E-state index contributed by atoms with van der Waals surface area (Å²) in [5.74, 6) is -0.0217. The second-order valence-electron chi connectivity index (χ2n) is 3.29. The Morgan fingerprint density at radius 2 is 2.27 bits per heavy atom. The molecule has 84 valence electrons. The number of amides is 1. The third-order valence-electron chi connectivity index (χ3n) is 2.07. The number of carbonyl (C=O) groups is 1. The number of hydrogen-bond acceptors (Lipinski definition) is 5. The minimum Gasteiger partial charge on any atom is -0.355 e. The first-order valence-electron chi connectivity index (χ1n) is 4.94. The Kier molecular flexibility index (Phi) is 4.23. The van der Waals surface area contributed by atoms with E-state index in [-0.39, 0.29) is 11.9 Å². The predicted molar refractivity (Wildman–Crippen MR) is 54.0 cm³/mol. The van der Waals surface area contributed by atoms with E-state index in [1.54, 1.807) is 6.92 Å². The van der Waals surface area contributed by atoms with Gasteiger partial charge >= 0.3 is 0 Å². The molecule has 6 nitrogen and oxygen atoms in total. The molecule has 0 saturated heterocycles. The lowest BCUT2D eigenvalue weighted by Gasteiger charge is -2.11. The van der Waals surface area contributed by atoms with E-state index in [4.69, 9.17) is 0 Å². The first-order valence-corrected chi connectivity index (χ1v) is 4.94. The van der Waals surface area contributed by atoms with Gasteiger partial charge in [-0.3, -0.25) is 4.79 Å². The number of likely N-dealkylation sites (N-methyl/N-ethyl adjacent to an activating group) is 1. The second kappa shape index (κ2) is 5.45. The summed E-state index contributed by atoms with van der Waals surface area (Å²) in [6.07, 6.45) is 0. The van der Waals surface area contributed by atoms with E-state index < -0.39 is 0 Å². The molecule has 0 bridgehead atoms. The molecule has 1 aromatic heterocycles. The zero-order valence-electron chi connectivity index (χ0n) is 9.20.